The number of nitrogens with zero attached hydrogens (tertiary/aromatic N) is 1. The number of thioether (sulfide) groups is 2. The van der Waals surface area contributed by atoms with E-state index in [-0.39, 0.29) is 62.8 Å². The Kier molecular flexibility index (Phi) is 6.86. The van der Waals surface area contributed by atoms with Crippen molar-refractivity contribution in [2.75, 3.05) is 12.4 Å². The van der Waals surface area contributed by atoms with Gasteiger partial charge in [-0.2, -0.15) is 0 Å². The molecular formula is C10H11FKNO4S2. The molecule has 5 nitrogen and oxygen atoms in total. The molecule has 2 aliphatic heterocycles. The molecule has 0 bridgehead atoms. The minimum absolute atomic E-state index is 0. The molecule has 1 unspecified atom stereocenters. The van der Waals surface area contributed by atoms with Crippen LogP contribution in [0.1, 0.15) is 6.92 Å². The Balaban J connectivity index is 0.00000180. The van der Waals surface area contributed by atoms with Crippen molar-refractivity contribution in [3.05, 3.63) is 9.93 Å². The topological polar surface area (TPSA) is 80.7 Å². The summed E-state index contributed by atoms with van der Waals surface area (Å²) in [7, 11) is 0. The summed E-state index contributed by atoms with van der Waals surface area (Å²) in [4.78, 5) is 23.9. The molecule has 1 N–H and O–H groups in total. The van der Waals surface area contributed by atoms with Gasteiger partial charge in [-0.3, -0.25) is 14.1 Å². The number of carbonyl (C=O) groups is 2. The Morgan fingerprint density at radius 1 is 1.68 bits per heavy atom. The molecule has 3 atom stereocenters. The number of amides is 1. The molecule has 0 aromatic carbocycles. The summed E-state index contributed by atoms with van der Waals surface area (Å²) >= 11 is 2.23. The van der Waals surface area contributed by atoms with Gasteiger partial charge in [0, 0.05) is 5.75 Å². The van der Waals surface area contributed by atoms with Gasteiger partial charge >= 0.3 is 51.4 Å². The standard InChI is InChI=1S/C10H12FNO4S2.K/c1-4(13)5-7(14)12-6(9(15)16)10(17-3-2-11)18-8(5)12;/h4-5,8,13H,2-3H2,1H3,(H,15,16);/q;+1/p-1/t4?,5-,8+;/m0./s1. The molecule has 0 saturated carbocycles. The first-order chi connectivity index (χ1) is 8.49. The smallest absolute Gasteiger partial charge is 0.543 e. The molecule has 0 spiro atoms. The minimum Gasteiger partial charge on any atom is -0.543 e. The van der Waals surface area contributed by atoms with Gasteiger partial charge in [0.1, 0.15) is 5.37 Å². The first-order valence-corrected chi connectivity index (χ1v) is 7.17. The van der Waals surface area contributed by atoms with E-state index in [0.29, 0.717) is 4.24 Å². The average molecular weight is 331 g/mol. The second-order valence-electron chi connectivity index (χ2n) is 3.94. The SMILES string of the molecule is CC(O)[C@H]1C(=O)N2C(C(=O)[O-])=C(SCCF)S[C@H]12.[K+]. The maximum atomic E-state index is 12.1. The fourth-order valence-electron chi connectivity index (χ4n) is 1.97. The van der Waals surface area contributed by atoms with E-state index in [1.54, 1.807) is 0 Å². The molecule has 1 amide bonds. The van der Waals surface area contributed by atoms with Crippen LogP contribution >= 0.6 is 23.5 Å². The molecule has 1 fully saturated rings. The van der Waals surface area contributed by atoms with Gasteiger partial charge in [-0.15, -0.1) is 11.8 Å². The quantitative estimate of drug-likeness (QED) is 0.416. The van der Waals surface area contributed by atoms with Crippen molar-refractivity contribution in [3.8, 4) is 0 Å². The number of alkyl halides is 1. The van der Waals surface area contributed by atoms with E-state index in [9.17, 15) is 24.2 Å². The van der Waals surface area contributed by atoms with Crippen LogP contribution in [0.25, 0.3) is 0 Å². The van der Waals surface area contributed by atoms with Gasteiger partial charge in [0.15, 0.2) is 0 Å². The summed E-state index contributed by atoms with van der Waals surface area (Å²) in [5, 5.41) is 20.1. The summed E-state index contributed by atoms with van der Waals surface area (Å²) in [5.41, 5.74) is -0.189. The summed E-state index contributed by atoms with van der Waals surface area (Å²) in [6.45, 7) is 0.916. The Labute approximate surface area is 160 Å². The van der Waals surface area contributed by atoms with E-state index in [0.717, 1.165) is 16.7 Å². The number of halogens is 1. The summed E-state index contributed by atoms with van der Waals surface area (Å²) in [6.07, 6.45) is -0.834. The number of aliphatic hydroxyl groups is 1. The maximum Gasteiger partial charge on any atom is 1.00 e. The van der Waals surface area contributed by atoms with Crippen LogP contribution in [0.3, 0.4) is 0 Å². The Hall–Kier alpha value is 0.906. The van der Waals surface area contributed by atoms with Crippen LogP contribution in [-0.4, -0.2) is 45.8 Å². The van der Waals surface area contributed by atoms with Gasteiger partial charge in [-0.05, 0) is 6.92 Å². The first kappa shape index (κ1) is 18.0. The Bertz CT molecular complexity index is 432. The van der Waals surface area contributed by atoms with Crippen molar-refractivity contribution in [1.29, 1.82) is 0 Å². The molecule has 2 heterocycles. The summed E-state index contributed by atoms with van der Waals surface area (Å²) < 4.78 is 12.5. The van der Waals surface area contributed by atoms with Gasteiger partial charge in [-0.25, -0.2) is 0 Å². The van der Waals surface area contributed by atoms with Crippen molar-refractivity contribution in [2.45, 2.75) is 18.4 Å². The number of fused-ring (bicyclic) bond motifs is 1. The van der Waals surface area contributed by atoms with Crippen molar-refractivity contribution >= 4 is 35.4 Å². The Morgan fingerprint density at radius 2 is 2.32 bits per heavy atom. The molecule has 1 saturated heterocycles. The van der Waals surface area contributed by atoms with Crippen LogP contribution in [0.4, 0.5) is 4.39 Å². The van der Waals surface area contributed by atoms with Crippen LogP contribution in [-0.2, 0) is 9.59 Å². The number of rotatable bonds is 5. The van der Waals surface area contributed by atoms with Crippen molar-refractivity contribution in [1.82, 2.24) is 4.90 Å². The van der Waals surface area contributed by atoms with Crippen LogP contribution < -0.4 is 56.5 Å². The van der Waals surface area contributed by atoms with Crippen molar-refractivity contribution < 1.29 is 75.6 Å². The van der Waals surface area contributed by atoms with E-state index >= 15 is 0 Å². The number of β-lactam (4-membered cyclic amide) rings is 1. The van der Waals surface area contributed by atoms with E-state index < -0.39 is 35.9 Å². The maximum absolute atomic E-state index is 12.1. The zero-order valence-electron chi connectivity index (χ0n) is 10.5. The zero-order valence-corrected chi connectivity index (χ0v) is 15.2. The van der Waals surface area contributed by atoms with E-state index in [1.807, 2.05) is 0 Å². The van der Waals surface area contributed by atoms with Crippen molar-refractivity contribution in [2.24, 2.45) is 5.92 Å². The fourth-order valence-corrected chi connectivity index (χ4v) is 4.69. The van der Waals surface area contributed by atoms with Gasteiger partial charge < -0.3 is 15.0 Å². The minimum atomic E-state index is -1.44. The summed E-state index contributed by atoms with van der Waals surface area (Å²) in [6, 6.07) is 0. The van der Waals surface area contributed by atoms with E-state index in [2.05, 4.69) is 0 Å². The molecule has 2 rings (SSSR count). The molecule has 0 aliphatic carbocycles. The third kappa shape index (κ3) is 3.23. The predicted molar refractivity (Wildman–Crippen MR) is 63.9 cm³/mol. The predicted octanol–water partition coefficient (Wildman–Crippen LogP) is -3.48. The van der Waals surface area contributed by atoms with Crippen LogP contribution in [0.15, 0.2) is 9.93 Å². The normalized spacial score (nSPS) is 26.7. The van der Waals surface area contributed by atoms with Gasteiger partial charge in [-0.1, -0.05) is 11.8 Å². The third-order valence-corrected chi connectivity index (χ3v) is 5.38. The largest absolute Gasteiger partial charge is 1.00 e. The number of hydrogen-bond acceptors (Lipinski definition) is 6. The zero-order chi connectivity index (χ0) is 13.4. The first-order valence-electron chi connectivity index (χ1n) is 5.31. The van der Waals surface area contributed by atoms with Crippen molar-refractivity contribution in [3.63, 3.8) is 0 Å². The average Bonchev–Trinajstić information content (AvgIpc) is 2.60. The number of carboxylic acid groups (broad SMARTS) is 1. The van der Waals surface area contributed by atoms with E-state index in [4.69, 9.17) is 0 Å². The molecule has 0 radical (unpaired) electrons. The molecule has 0 aromatic heterocycles. The summed E-state index contributed by atoms with van der Waals surface area (Å²) in [5.74, 6) is -2.33. The number of carboxylic acids is 1. The number of hydrogen-bond donors (Lipinski definition) is 1. The molecule has 9 heteroatoms. The fraction of sp³-hybridized carbons (Fsp3) is 0.600. The van der Waals surface area contributed by atoms with E-state index in [1.165, 1.54) is 18.7 Å². The van der Waals surface area contributed by atoms with Crippen LogP contribution in [0.2, 0.25) is 0 Å². The molecule has 0 aromatic rings. The number of aliphatic carboxylic acids is 1. The van der Waals surface area contributed by atoms with Gasteiger partial charge in [0.05, 0.1) is 34.6 Å². The number of aliphatic hydroxyl groups excluding tert-OH is 1. The monoisotopic (exact) mass is 331 g/mol. The van der Waals surface area contributed by atoms with Gasteiger partial charge in [0.2, 0.25) is 5.91 Å². The second kappa shape index (κ2) is 7.25. The molecule has 19 heavy (non-hydrogen) atoms. The number of carbonyl (C=O) groups excluding carboxylic acids is 2. The third-order valence-electron chi connectivity index (χ3n) is 2.77. The van der Waals surface area contributed by atoms with Crippen LogP contribution in [0, 0.1) is 5.92 Å². The molecule has 100 valence electrons. The molecular weight excluding hydrogens is 320 g/mol. The van der Waals surface area contributed by atoms with Gasteiger partial charge in [0.25, 0.3) is 0 Å². The molecule has 2 aliphatic rings. The van der Waals surface area contributed by atoms with Crippen LogP contribution in [0.5, 0.6) is 0 Å². The second-order valence-corrected chi connectivity index (χ2v) is 6.43. The Morgan fingerprint density at radius 3 is 2.79 bits per heavy atom.